The van der Waals surface area contributed by atoms with E-state index in [1.54, 1.807) is 53.1 Å². The molecule has 0 unspecified atom stereocenters. The average Bonchev–Trinajstić information content (AvgIpc) is 3.05. The maximum absolute atomic E-state index is 13.4. The van der Waals surface area contributed by atoms with Crippen LogP contribution in [-0.2, 0) is 0 Å². The van der Waals surface area contributed by atoms with Crippen molar-refractivity contribution in [1.82, 2.24) is 4.40 Å². The average molecular weight is 434 g/mol. The molecule has 0 spiro atoms. The van der Waals surface area contributed by atoms with Crippen LogP contribution >= 0.6 is 11.6 Å². The predicted molar refractivity (Wildman–Crippen MR) is 122 cm³/mol. The molecule has 0 atom stereocenters. The van der Waals surface area contributed by atoms with Crippen molar-refractivity contribution in [3.8, 4) is 5.75 Å². The van der Waals surface area contributed by atoms with Gasteiger partial charge in [-0.3, -0.25) is 9.59 Å². The molecule has 0 saturated carbocycles. The van der Waals surface area contributed by atoms with Crippen LogP contribution in [0.5, 0.6) is 5.75 Å². The van der Waals surface area contributed by atoms with Gasteiger partial charge in [0.05, 0.1) is 29.7 Å². The quantitative estimate of drug-likeness (QED) is 0.343. The Bertz CT molecular complexity index is 1310. The summed E-state index contributed by atoms with van der Waals surface area (Å²) in [5, 5.41) is 3.50. The van der Waals surface area contributed by atoms with Crippen LogP contribution in [-0.4, -0.2) is 23.2 Å². The van der Waals surface area contributed by atoms with Crippen LogP contribution in [0.15, 0.2) is 66.9 Å². The molecule has 2 heterocycles. The van der Waals surface area contributed by atoms with Crippen LogP contribution in [0.3, 0.4) is 0 Å². The third kappa shape index (κ3) is 3.73. The minimum atomic E-state index is -0.288. The maximum atomic E-state index is 13.4. The number of pyridine rings is 1. The fourth-order valence-corrected chi connectivity index (χ4v) is 3.67. The van der Waals surface area contributed by atoms with E-state index in [-0.39, 0.29) is 11.7 Å². The Labute approximate surface area is 184 Å². The number of ether oxygens (including phenoxy) is 1. The van der Waals surface area contributed by atoms with Gasteiger partial charge in [-0.2, -0.15) is 0 Å². The molecular weight excluding hydrogens is 414 g/mol. The summed E-state index contributed by atoms with van der Waals surface area (Å²) in [4.78, 5) is 26.2. The molecule has 1 amide bonds. The number of anilines is 2. The second-order valence-corrected chi connectivity index (χ2v) is 7.49. The molecule has 0 fully saturated rings. The first kappa shape index (κ1) is 20.5. The number of halogens is 1. The number of benzene rings is 2. The lowest BCUT2D eigenvalue weighted by atomic mass is 10.0. The first-order valence-electron chi connectivity index (χ1n) is 9.55. The standard InChI is InChI=1S/C24H20ClN3O3/c1-14-21(27-24(30)15-6-9-17(25)10-7-15)19-5-3-4-12-28(19)22(14)23(29)16-8-11-18(26)20(13-16)31-2/h3-13H,26H2,1-2H3,(H,27,30). The lowest BCUT2D eigenvalue weighted by molar-refractivity contribution is 0.102. The zero-order chi connectivity index (χ0) is 22.1. The van der Waals surface area contributed by atoms with E-state index in [1.807, 2.05) is 25.1 Å². The molecule has 0 aliphatic heterocycles. The van der Waals surface area contributed by atoms with Gasteiger partial charge in [0.25, 0.3) is 5.91 Å². The van der Waals surface area contributed by atoms with Crippen LogP contribution in [0, 0.1) is 6.92 Å². The fraction of sp³-hybridized carbons (Fsp3) is 0.0833. The van der Waals surface area contributed by atoms with Gasteiger partial charge in [0.1, 0.15) is 5.75 Å². The van der Waals surface area contributed by atoms with Crippen molar-refractivity contribution >= 4 is 40.2 Å². The predicted octanol–water partition coefficient (Wildman–Crippen LogP) is 4.98. The number of amides is 1. The van der Waals surface area contributed by atoms with E-state index in [1.165, 1.54) is 7.11 Å². The number of hydrogen-bond donors (Lipinski definition) is 2. The van der Waals surface area contributed by atoms with Gasteiger partial charge >= 0.3 is 0 Å². The number of nitrogens with two attached hydrogens (primary N) is 1. The minimum absolute atomic E-state index is 0.205. The third-order valence-corrected chi connectivity index (χ3v) is 5.39. The molecule has 7 heteroatoms. The Balaban J connectivity index is 1.79. The highest BCUT2D eigenvalue weighted by molar-refractivity contribution is 6.30. The minimum Gasteiger partial charge on any atom is -0.495 e. The van der Waals surface area contributed by atoms with Crippen molar-refractivity contribution in [2.75, 3.05) is 18.2 Å². The molecule has 4 aromatic rings. The summed E-state index contributed by atoms with van der Waals surface area (Å²) in [6, 6.07) is 17.1. The molecular formula is C24H20ClN3O3. The molecule has 0 radical (unpaired) electrons. The number of nitrogen functional groups attached to an aromatic ring is 1. The van der Waals surface area contributed by atoms with Gasteiger partial charge in [0.2, 0.25) is 5.78 Å². The first-order valence-corrected chi connectivity index (χ1v) is 9.93. The normalized spacial score (nSPS) is 10.8. The summed E-state index contributed by atoms with van der Waals surface area (Å²) in [7, 11) is 1.50. The number of carbonyl (C=O) groups is 2. The monoisotopic (exact) mass is 433 g/mol. The number of fused-ring (bicyclic) bond motifs is 1. The number of methoxy groups -OCH3 is 1. The third-order valence-electron chi connectivity index (χ3n) is 5.14. The Morgan fingerprint density at radius 2 is 1.74 bits per heavy atom. The van der Waals surface area contributed by atoms with E-state index in [2.05, 4.69) is 5.32 Å². The van der Waals surface area contributed by atoms with E-state index < -0.39 is 0 Å². The lowest BCUT2D eigenvalue weighted by Gasteiger charge is -2.08. The van der Waals surface area contributed by atoms with E-state index in [9.17, 15) is 9.59 Å². The van der Waals surface area contributed by atoms with Crippen molar-refractivity contribution in [2.45, 2.75) is 6.92 Å². The van der Waals surface area contributed by atoms with Gasteiger partial charge in [0, 0.05) is 27.9 Å². The van der Waals surface area contributed by atoms with Crippen LogP contribution in [0.2, 0.25) is 5.02 Å². The van der Waals surface area contributed by atoms with E-state index in [4.69, 9.17) is 22.1 Å². The highest BCUT2D eigenvalue weighted by Gasteiger charge is 2.23. The largest absolute Gasteiger partial charge is 0.495 e. The van der Waals surface area contributed by atoms with Gasteiger partial charge in [0.15, 0.2) is 0 Å². The molecule has 0 aliphatic carbocycles. The second-order valence-electron chi connectivity index (χ2n) is 7.05. The summed E-state index contributed by atoms with van der Waals surface area (Å²) in [6.07, 6.45) is 1.79. The highest BCUT2D eigenvalue weighted by atomic mass is 35.5. The summed E-state index contributed by atoms with van der Waals surface area (Å²) in [5.41, 5.74) is 9.65. The molecule has 0 aliphatic rings. The summed E-state index contributed by atoms with van der Waals surface area (Å²) in [5.74, 6) is -0.0612. The smallest absolute Gasteiger partial charge is 0.255 e. The van der Waals surface area contributed by atoms with Gasteiger partial charge in [-0.15, -0.1) is 0 Å². The van der Waals surface area contributed by atoms with Crippen molar-refractivity contribution in [3.05, 3.63) is 94.3 Å². The number of nitrogens with one attached hydrogen (secondary N) is 1. The fourth-order valence-electron chi connectivity index (χ4n) is 3.55. The van der Waals surface area contributed by atoms with E-state index >= 15 is 0 Å². The maximum Gasteiger partial charge on any atom is 0.255 e. The Morgan fingerprint density at radius 3 is 2.45 bits per heavy atom. The van der Waals surface area contributed by atoms with Gasteiger partial charge < -0.3 is 20.2 Å². The SMILES string of the molecule is COc1cc(C(=O)c2c(C)c(NC(=O)c3ccc(Cl)cc3)c3ccccn23)ccc1N. The molecule has 2 aromatic heterocycles. The molecule has 2 aromatic carbocycles. The molecule has 4 rings (SSSR count). The zero-order valence-electron chi connectivity index (χ0n) is 17.0. The number of nitrogens with zero attached hydrogens (tertiary/aromatic N) is 1. The van der Waals surface area contributed by atoms with Crippen LogP contribution in [0.25, 0.3) is 5.52 Å². The topological polar surface area (TPSA) is 85.8 Å². The van der Waals surface area contributed by atoms with Gasteiger partial charge in [-0.05, 0) is 61.5 Å². The molecule has 156 valence electrons. The molecule has 0 saturated heterocycles. The Kier molecular flexibility index (Phi) is 5.40. The Hall–Kier alpha value is -3.77. The van der Waals surface area contributed by atoms with Crippen LogP contribution in [0.4, 0.5) is 11.4 Å². The van der Waals surface area contributed by atoms with Crippen LogP contribution < -0.4 is 15.8 Å². The van der Waals surface area contributed by atoms with Crippen LogP contribution in [0.1, 0.15) is 32.0 Å². The summed E-state index contributed by atoms with van der Waals surface area (Å²) < 4.78 is 7.03. The molecule has 3 N–H and O–H groups in total. The Morgan fingerprint density at radius 1 is 1.03 bits per heavy atom. The molecule has 6 nitrogen and oxygen atoms in total. The number of aromatic nitrogens is 1. The van der Waals surface area contributed by atoms with E-state index in [0.717, 1.165) is 0 Å². The number of rotatable bonds is 5. The number of ketones is 1. The highest BCUT2D eigenvalue weighted by Crippen LogP contribution is 2.32. The van der Waals surface area contributed by atoms with Gasteiger partial charge in [-0.1, -0.05) is 17.7 Å². The first-order chi connectivity index (χ1) is 14.9. The zero-order valence-corrected chi connectivity index (χ0v) is 17.7. The summed E-state index contributed by atoms with van der Waals surface area (Å²) >= 11 is 5.92. The summed E-state index contributed by atoms with van der Waals surface area (Å²) in [6.45, 7) is 1.81. The number of hydrogen-bond acceptors (Lipinski definition) is 4. The second kappa shape index (κ2) is 8.16. The van der Waals surface area contributed by atoms with Crippen molar-refractivity contribution in [1.29, 1.82) is 0 Å². The molecule has 31 heavy (non-hydrogen) atoms. The number of carbonyl (C=O) groups excluding carboxylic acids is 2. The van der Waals surface area contributed by atoms with E-state index in [0.29, 0.717) is 50.0 Å². The van der Waals surface area contributed by atoms with Crippen molar-refractivity contribution < 1.29 is 14.3 Å². The van der Waals surface area contributed by atoms with Gasteiger partial charge in [-0.25, -0.2) is 0 Å². The van der Waals surface area contributed by atoms with Crippen molar-refractivity contribution in [2.24, 2.45) is 0 Å². The molecule has 0 bridgehead atoms. The van der Waals surface area contributed by atoms with Crippen molar-refractivity contribution in [3.63, 3.8) is 0 Å². The lowest BCUT2D eigenvalue weighted by Crippen LogP contribution is -2.12.